The molecule has 3 atom stereocenters. The molecule has 0 spiro atoms. The molecule has 9 heteroatoms. The van der Waals surface area contributed by atoms with Crippen LogP contribution in [0.15, 0.2) is 72.8 Å². The number of benzene rings is 3. The fraction of sp³-hybridized carbons (Fsp3) is 0.344. The van der Waals surface area contributed by atoms with Crippen LogP contribution in [0.1, 0.15) is 47.6 Å². The second-order valence-corrected chi connectivity index (χ2v) is 10.8. The maximum atomic E-state index is 13.6. The zero-order chi connectivity index (χ0) is 27.6. The maximum absolute atomic E-state index is 13.6. The van der Waals surface area contributed by atoms with Crippen molar-refractivity contribution in [2.45, 2.75) is 62.4 Å². The van der Waals surface area contributed by atoms with E-state index >= 15 is 0 Å². The molecule has 3 aromatic rings. The smallest absolute Gasteiger partial charge is 0.253 e. The standard InChI is InChI=1S/C32H34N4O4.ClH/c33-16-8-7-15-26(30(37)36-27-24-13-5-3-11-22(24)23-12-4-6-14-25(23)27)35-32(39)29-28(40-29)31(38)34-21-17-19-9-1-2-10-20(19)18-21;/h1-6,9-14,21,26-29H,7-8,15-18,33H2,(H,34,38)(H,35,39)(H,36,37);1H/t26-,28?,29?;/m0./s1. The Labute approximate surface area is 245 Å². The highest BCUT2D eigenvalue weighted by Gasteiger charge is 2.51. The highest BCUT2D eigenvalue weighted by atomic mass is 35.5. The van der Waals surface area contributed by atoms with Gasteiger partial charge in [0.05, 0.1) is 6.04 Å². The van der Waals surface area contributed by atoms with Crippen LogP contribution in [0.3, 0.4) is 0 Å². The molecule has 214 valence electrons. The quantitative estimate of drug-likeness (QED) is 0.219. The Morgan fingerprint density at radius 1 is 0.780 bits per heavy atom. The van der Waals surface area contributed by atoms with Gasteiger partial charge < -0.3 is 26.4 Å². The van der Waals surface area contributed by atoms with Crippen LogP contribution in [0, 0.1) is 0 Å². The summed E-state index contributed by atoms with van der Waals surface area (Å²) < 4.78 is 5.48. The van der Waals surface area contributed by atoms with Crippen LogP contribution in [-0.4, -0.2) is 48.6 Å². The summed E-state index contributed by atoms with van der Waals surface area (Å²) in [6, 6.07) is 23.1. The molecule has 6 rings (SSSR count). The normalized spacial score (nSPS) is 19.2. The van der Waals surface area contributed by atoms with E-state index in [4.69, 9.17) is 10.5 Å². The molecule has 0 radical (unpaired) electrons. The zero-order valence-electron chi connectivity index (χ0n) is 22.7. The van der Waals surface area contributed by atoms with E-state index in [1.807, 2.05) is 48.5 Å². The number of unbranched alkanes of at least 4 members (excludes halogenated alkanes) is 1. The van der Waals surface area contributed by atoms with Gasteiger partial charge in [-0.15, -0.1) is 12.4 Å². The Balaban J connectivity index is 0.00000337. The lowest BCUT2D eigenvalue weighted by Gasteiger charge is -2.22. The molecular formula is C32H35ClN4O4. The molecule has 0 bridgehead atoms. The van der Waals surface area contributed by atoms with Crippen LogP contribution in [-0.2, 0) is 32.0 Å². The first kappa shape index (κ1) is 28.8. The number of carbonyl (C=O) groups is 3. The Morgan fingerprint density at radius 3 is 1.95 bits per heavy atom. The molecule has 3 aromatic carbocycles. The molecule has 0 saturated carbocycles. The third kappa shape index (κ3) is 6.00. The van der Waals surface area contributed by atoms with Crippen LogP contribution >= 0.6 is 12.4 Å². The molecule has 8 nitrogen and oxygen atoms in total. The number of halogens is 1. The highest BCUT2D eigenvalue weighted by molar-refractivity contribution is 5.97. The van der Waals surface area contributed by atoms with Crippen molar-refractivity contribution in [3.8, 4) is 11.1 Å². The Hall–Kier alpha value is -3.72. The Kier molecular flexibility index (Phi) is 8.73. The number of rotatable bonds is 10. The lowest BCUT2D eigenvalue weighted by Crippen LogP contribution is -2.49. The molecule has 1 fully saturated rings. The molecule has 1 saturated heterocycles. The third-order valence-electron chi connectivity index (χ3n) is 8.11. The molecule has 5 N–H and O–H groups in total. The fourth-order valence-corrected chi connectivity index (χ4v) is 6.02. The van der Waals surface area contributed by atoms with Gasteiger partial charge in [0.2, 0.25) is 5.91 Å². The monoisotopic (exact) mass is 574 g/mol. The van der Waals surface area contributed by atoms with Gasteiger partial charge in [0, 0.05) is 6.04 Å². The van der Waals surface area contributed by atoms with E-state index in [9.17, 15) is 14.4 Å². The van der Waals surface area contributed by atoms with E-state index in [-0.39, 0.29) is 36.3 Å². The lowest BCUT2D eigenvalue weighted by atomic mass is 10.0. The summed E-state index contributed by atoms with van der Waals surface area (Å²) in [6.45, 7) is 0.505. The largest absolute Gasteiger partial charge is 0.350 e. The summed E-state index contributed by atoms with van der Waals surface area (Å²) in [6.07, 6.45) is 1.65. The molecule has 2 unspecified atom stereocenters. The first-order valence-corrected chi connectivity index (χ1v) is 14.0. The van der Waals surface area contributed by atoms with Crippen molar-refractivity contribution < 1.29 is 19.1 Å². The first-order valence-electron chi connectivity index (χ1n) is 14.0. The number of nitrogens with one attached hydrogen (secondary N) is 3. The van der Waals surface area contributed by atoms with Crippen LogP contribution in [0.25, 0.3) is 11.1 Å². The number of amides is 3. The van der Waals surface area contributed by atoms with Gasteiger partial charge in [0.15, 0.2) is 12.2 Å². The molecule has 3 aliphatic rings. The van der Waals surface area contributed by atoms with Crippen LogP contribution in [0.5, 0.6) is 0 Å². The van der Waals surface area contributed by atoms with Crippen molar-refractivity contribution in [2.24, 2.45) is 5.73 Å². The van der Waals surface area contributed by atoms with Gasteiger partial charge in [-0.05, 0) is 72.0 Å². The number of carbonyl (C=O) groups excluding carboxylic acids is 3. The fourth-order valence-electron chi connectivity index (χ4n) is 6.02. The molecule has 0 aromatic heterocycles. The number of ether oxygens (including phenoxy) is 1. The molecule has 3 amide bonds. The number of fused-ring (bicyclic) bond motifs is 4. The van der Waals surface area contributed by atoms with Crippen molar-refractivity contribution >= 4 is 30.1 Å². The SMILES string of the molecule is Cl.NCCCC[C@H](NC(=O)C1OC1C(=O)NC1Cc2ccccc2C1)C(=O)NC1c2ccccc2-c2ccccc21. The van der Waals surface area contributed by atoms with E-state index in [2.05, 4.69) is 40.2 Å². The van der Waals surface area contributed by atoms with Gasteiger partial charge in [-0.2, -0.15) is 0 Å². The summed E-state index contributed by atoms with van der Waals surface area (Å²) in [5.74, 6) is -1.01. The maximum Gasteiger partial charge on any atom is 0.253 e. The van der Waals surface area contributed by atoms with E-state index in [1.54, 1.807) is 0 Å². The van der Waals surface area contributed by atoms with Crippen molar-refractivity contribution in [3.05, 3.63) is 95.1 Å². The van der Waals surface area contributed by atoms with Gasteiger partial charge in [-0.3, -0.25) is 14.4 Å². The molecular weight excluding hydrogens is 540 g/mol. The van der Waals surface area contributed by atoms with Gasteiger partial charge >= 0.3 is 0 Å². The van der Waals surface area contributed by atoms with Gasteiger partial charge in [0.1, 0.15) is 6.04 Å². The van der Waals surface area contributed by atoms with Crippen molar-refractivity contribution in [1.29, 1.82) is 0 Å². The lowest BCUT2D eigenvalue weighted by molar-refractivity contribution is -0.130. The minimum atomic E-state index is -0.901. The van der Waals surface area contributed by atoms with Crippen molar-refractivity contribution in [3.63, 3.8) is 0 Å². The van der Waals surface area contributed by atoms with Gasteiger partial charge in [0.25, 0.3) is 11.8 Å². The summed E-state index contributed by atoms with van der Waals surface area (Å²) in [7, 11) is 0. The number of hydrogen-bond acceptors (Lipinski definition) is 5. The Morgan fingerprint density at radius 2 is 1.34 bits per heavy atom. The topological polar surface area (TPSA) is 126 Å². The second-order valence-electron chi connectivity index (χ2n) is 10.8. The minimum absolute atomic E-state index is 0. The van der Waals surface area contributed by atoms with Gasteiger partial charge in [-0.1, -0.05) is 72.8 Å². The number of hydrogen-bond donors (Lipinski definition) is 4. The summed E-state index contributed by atoms with van der Waals surface area (Å²) in [5, 5.41) is 9.04. The van der Waals surface area contributed by atoms with E-state index in [0.29, 0.717) is 19.4 Å². The van der Waals surface area contributed by atoms with Gasteiger partial charge in [-0.25, -0.2) is 0 Å². The zero-order valence-corrected chi connectivity index (χ0v) is 23.5. The predicted molar refractivity (Wildman–Crippen MR) is 158 cm³/mol. The molecule has 41 heavy (non-hydrogen) atoms. The van der Waals surface area contributed by atoms with E-state index < -0.39 is 24.2 Å². The molecule has 2 aliphatic carbocycles. The summed E-state index contributed by atoms with van der Waals surface area (Å²) in [5.41, 5.74) is 12.4. The van der Waals surface area contributed by atoms with Crippen molar-refractivity contribution in [1.82, 2.24) is 16.0 Å². The third-order valence-corrected chi connectivity index (χ3v) is 8.11. The van der Waals surface area contributed by atoms with E-state index in [0.717, 1.165) is 41.5 Å². The van der Waals surface area contributed by atoms with Crippen LogP contribution in [0.4, 0.5) is 0 Å². The number of nitrogens with two attached hydrogens (primary N) is 1. The summed E-state index contributed by atoms with van der Waals surface area (Å²) >= 11 is 0. The predicted octanol–water partition coefficient (Wildman–Crippen LogP) is 2.96. The number of epoxide rings is 1. The average Bonchev–Trinajstić information content (AvgIpc) is 3.59. The van der Waals surface area contributed by atoms with Crippen LogP contribution in [0.2, 0.25) is 0 Å². The average molecular weight is 575 g/mol. The van der Waals surface area contributed by atoms with E-state index in [1.165, 1.54) is 11.1 Å². The van der Waals surface area contributed by atoms with Crippen molar-refractivity contribution in [2.75, 3.05) is 6.54 Å². The Bertz CT molecular complexity index is 1380. The molecule has 1 heterocycles. The highest BCUT2D eigenvalue weighted by Crippen LogP contribution is 2.43. The van der Waals surface area contributed by atoms with Crippen LogP contribution < -0.4 is 21.7 Å². The first-order chi connectivity index (χ1) is 19.5. The minimum Gasteiger partial charge on any atom is -0.350 e. The second kappa shape index (κ2) is 12.4. The molecule has 1 aliphatic heterocycles. The summed E-state index contributed by atoms with van der Waals surface area (Å²) in [4.78, 5) is 39.5.